The van der Waals surface area contributed by atoms with Crippen molar-refractivity contribution in [3.63, 3.8) is 0 Å². The number of ether oxygens (including phenoxy) is 2. The zero-order valence-electron chi connectivity index (χ0n) is 16.8. The number of rotatable bonds is 4. The molecule has 1 unspecified atom stereocenters. The number of hydrogen-bond acceptors (Lipinski definition) is 5. The van der Waals surface area contributed by atoms with E-state index in [0.29, 0.717) is 29.6 Å². The second-order valence-corrected chi connectivity index (χ2v) is 8.91. The lowest BCUT2D eigenvalue weighted by atomic mass is 10.0. The lowest BCUT2D eigenvalue weighted by Gasteiger charge is -2.38. The van der Waals surface area contributed by atoms with Crippen LogP contribution < -0.4 is 5.32 Å². The third-order valence-electron chi connectivity index (χ3n) is 5.43. The predicted molar refractivity (Wildman–Crippen MR) is 109 cm³/mol. The van der Waals surface area contributed by atoms with E-state index in [2.05, 4.69) is 5.32 Å². The van der Waals surface area contributed by atoms with Gasteiger partial charge in [0.2, 0.25) is 0 Å². The second-order valence-electron chi connectivity index (χ2n) is 7.40. The van der Waals surface area contributed by atoms with Crippen LogP contribution in [0.1, 0.15) is 49.7 Å². The average Bonchev–Trinajstić information content (AvgIpc) is 3.21. The zero-order valence-corrected chi connectivity index (χ0v) is 18.4. The number of carbonyl (C=O) groups is 2. The van der Waals surface area contributed by atoms with E-state index in [4.69, 9.17) is 21.1 Å². The van der Waals surface area contributed by atoms with Gasteiger partial charge in [-0.1, -0.05) is 11.6 Å². The monoisotopic (exact) mass is 492 g/mol. The summed E-state index contributed by atoms with van der Waals surface area (Å²) in [6.07, 6.45) is -5.55. The van der Waals surface area contributed by atoms with E-state index in [1.54, 1.807) is 6.92 Å². The molecule has 6 nitrogen and oxygen atoms in total. The van der Waals surface area contributed by atoms with E-state index < -0.39 is 46.1 Å². The molecule has 1 atom stereocenters. The predicted octanol–water partition coefficient (Wildman–Crippen LogP) is 4.87. The number of carbonyl (C=O) groups excluding carboxylic acids is 2. The fraction of sp³-hybridized carbons (Fsp3) is 0.400. The molecule has 2 aliphatic heterocycles. The van der Waals surface area contributed by atoms with Crippen LogP contribution >= 0.6 is 22.9 Å². The molecule has 0 saturated carbocycles. The van der Waals surface area contributed by atoms with Crippen LogP contribution in [-0.4, -0.2) is 43.0 Å². The first-order valence-electron chi connectivity index (χ1n) is 9.48. The van der Waals surface area contributed by atoms with Crippen molar-refractivity contribution < 1.29 is 36.6 Å². The van der Waals surface area contributed by atoms with E-state index in [9.17, 15) is 27.2 Å². The van der Waals surface area contributed by atoms with Crippen LogP contribution in [0.15, 0.2) is 12.1 Å². The summed E-state index contributed by atoms with van der Waals surface area (Å²) >= 11 is 6.64. The molecular formula is C20H17ClF4N2O4S. The Balaban J connectivity index is 1.72. The van der Waals surface area contributed by atoms with Gasteiger partial charge in [0.1, 0.15) is 5.00 Å². The molecule has 2 amide bonds. The number of halogens is 5. The SMILES string of the molecule is COC1CN(C(=O)c2c(NC(=O)c3c(C(F)(F)F)ccc(Cl)c3F)sc3c2C(C)OC3)C1. The van der Waals surface area contributed by atoms with Crippen molar-refractivity contribution in [1.82, 2.24) is 4.90 Å². The summed E-state index contributed by atoms with van der Waals surface area (Å²) in [6, 6.07) is 1.28. The molecule has 1 aromatic carbocycles. The number of alkyl halides is 3. The van der Waals surface area contributed by atoms with Crippen molar-refractivity contribution in [2.45, 2.75) is 31.9 Å². The highest BCUT2D eigenvalue weighted by Gasteiger charge is 2.40. The third kappa shape index (κ3) is 3.87. The van der Waals surface area contributed by atoms with Gasteiger partial charge < -0.3 is 19.7 Å². The highest BCUT2D eigenvalue weighted by atomic mass is 35.5. The average molecular weight is 493 g/mol. The Hall–Kier alpha value is -2.21. The van der Waals surface area contributed by atoms with Gasteiger partial charge in [0.25, 0.3) is 11.8 Å². The van der Waals surface area contributed by atoms with E-state index >= 15 is 0 Å². The number of thiophene rings is 1. The van der Waals surface area contributed by atoms with Crippen molar-refractivity contribution in [3.8, 4) is 0 Å². The third-order valence-corrected chi connectivity index (χ3v) is 6.82. The maximum Gasteiger partial charge on any atom is 0.417 e. The van der Waals surface area contributed by atoms with Gasteiger partial charge in [0.15, 0.2) is 5.82 Å². The Morgan fingerprint density at radius 3 is 2.59 bits per heavy atom. The molecule has 1 N–H and O–H groups in total. The zero-order chi connectivity index (χ0) is 23.4. The standard InChI is InChI=1S/C20H17ClF4N2O4S/c1-8-13-12(7-31-8)32-18(15(13)19(29)27-5-9(6-27)30-2)26-17(28)14-10(20(23,24)25)3-4-11(21)16(14)22/h3-4,8-9H,5-7H2,1-2H3,(H,26,28). The van der Waals surface area contributed by atoms with Crippen molar-refractivity contribution in [3.05, 3.63) is 50.1 Å². The van der Waals surface area contributed by atoms with Crippen LogP contribution in [-0.2, 0) is 22.3 Å². The fourth-order valence-corrected chi connectivity index (χ4v) is 5.05. The van der Waals surface area contributed by atoms with Crippen molar-refractivity contribution in [1.29, 1.82) is 0 Å². The van der Waals surface area contributed by atoms with Gasteiger partial charge in [-0.3, -0.25) is 9.59 Å². The number of benzene rings is 1. The normalized spacial score (nSPS) is 18.5. The summed E-state index contributed by atoms with van der Waals surface area (Å²) in [7, 11) is 1.52. The summed E-state index contributed by atoms with van der Waals surface area (Å²) in [6.45, 7) is 2.60. The first-order chi connectivity index (χ1) is 15.0. The topological polar surface area (TPSA) is 67.9 Å². The Morgan fingerprint density at radius 1 is 1.28 bits per heavy atom. The van der Waals surface area contributed by atoms with Crippen LogP contribution in [0.5, 0.6) is 0 Å². The number of anilines is 1. The molecule has 32 heavy (non-hydrogen) atoms. The maximum atomic E-state index is 14.5. The first kappa shape index (κ1) is 23.0. The number of fused-ring (bicyclic) bond motifs is 1. The maximum absolute atomic E-state index is 14.5. The summed E-state index contributed by atoms with van der Waals surface area (Å²) in [5.41, 5.74) is -1.99. The van der Waals surface area contributed by atoms with Crippen LogP contribution in [0.3, 0.4) is 0 Å². The smallest absolute Gasteiger partial charge is 0.378 e. The Kier molecular flexibility index (Phi) is 5.95. The molecular weight excluding hydrogens is 476 g/mol. The molecule has 0 radical (unpaired) electrons. The summed E-state index contributed by atoms with van der Waals surface area (Å²) in [5.74, 6) is -3.25. The molecule has 1 saturated heterocycles. The highest BCUT2D eigenvalue weighted by molar-refractivity contribution is 7.17. The number of methoxy groups -OCH3 is 1. The molecule has 12 heteroatoms. The minimum absolute atomic E-state index is 0.0357. The van der Waals surface area contributed by atoms with E-state index in [0.717, 1.165) is 17.4 Å². The molecule has 0 aliphatic carbocycles. The van der Waals surface area contributed by atoms with Gasteiger partial charge in [-0.2, -0.15) is 13.2 Å². The number of hydrogen-bond donors (Lipinski definition) is 1. The van der Waals surface area contributed by atoms with Crippen molar-refractivity contribution in [2.75, 3.05) is 25.5 Å². The van der Waals surface area contributed by atoms with Gasteiger partial charge in [0, 0.05) is 30.6 Å². The molecule has 0 spiro atoms. The van der Waals surface area contributed by atoms with Gasteiger partial charge in [-0.15, -0.1) is 11.3 Å². The minimum Gasteiger partial charge on any atom is -0.378 e. The molecule has 2 aliphatic rings. The van der Waals surface area contributed by atoms with Crippen LogP contribution in [0, 0.1) is 5.82 Å². The van der Waals surface area contributed by atoms with Crippen molar-refractivity contribution in [2.24, 2.45) is 0 Å². The molecule has 2 aromatic rings. The Morgan fingerprint density at radius 2 is 1.97 bits per heavy atom. The highest BCUT2D eigenvalue weighted by Crippen LogP contribution is 2.45. The molecule has 172 valence electrons. The van der Waals surface area contributed by atoms with Crippen LogP contribution in [0.4, 0.5) is 22.6 Å². The van der Waals surface area contributed by atoms with Crippen LogP contribution in [0.25, 0.3) is 0 Å². The Labute approximate surface area is 189 Å². The van der Waals surface area contributed by atoms with Crippen molar-refractivity contribution >= 4 is 39.8 Å². The quantitative estimate of drug-likeness (QED) is 0.618. The van der Waals surface area contributed by atoms with E-state index in [1.807, 2.05) is 0 Å². The molecule has 0 bridgehead atoms. The largest absolute Gasteiger partial charge is 0.417 e. The summed E-state index contributed by atoms with van der Waals surface area (Å²) in [5, 5.41) is 1.73. The van der Waals surface area contributed by atoms with E-state index in [-0.39, 0.29) is 23.3 Å². The van der Waals surface area contributed by atoms with Gasteiger partial charge in [0.05, 0.1) is 40.5 Å². The molecule has 4 rings (SSSR count). The molecule has 1 aromatic heterocycles. The number of nitrogens with zero attached hydrogens (tertiary/aromatic N) is 1. The molecule has 3 heterocycles. The summed E-state index contributed by atoms with van der Waals surface area (Å²) in [4.78, 5) is 28.1. The van der Waals surface area contributed by atoms with Crippen LogP contribution in [0.2, 0.25) is 5.02 Å². The Bertz CT molecular complexity index is 1100. The van der Waals surface area contributed by atoms with E-state index in [1.165, 1.54) is 12.0 Å². The molecule has 1 fully saturated rings. The minimum atomic E-state index is -4.98. The second kappa shape index (κ2) is 8.29. The van der Waals surface area contributed by atoms with Gasteiger partial charge in [-0.25, -0.2) is 4.39 Å². The number of nitrogens with one attached hydrogen (secondary N) is 1. The fourth-order valence-electron chi connectivity index (χ4n) is 3.70. The lowest BCUT2D eigenvalue weighted by Crippen LogP contribution is -2.54. The number of likely N-dealkylation sites (tertiary alicyclic amines) is 1. The van der Waals surface area contributed by atoms with Gasteiger partial charge in [-0.05, 0) is 19.1 Å². The summed E-state index contributed by atoms with van der Waals surface area (Å²) < 4.78 is 65.4. The van der Waals surface area contributed by atoms with Gasteiger partial charge >= 0.3 is 6.18 Å². The first-order valence-corrected chi connectivity index (χ1v) is 10.7. The number of amides is 2. The lowest BCUT2D eigenvalue weighted by molar-refractivity contribution is -0.138.